The van der Waals surface area contributed by atoms with Crippen LogP contribution in [0.3, 0.4) is 0 Å². The van der Waals surface area contributed by atoms with Crippen LogP contribution in [0.15, 0.2) is 24.3 Å². The first-order chi connectivity index (χ1) is 8.68. The fourth-order valence-corrected chi connectivity index (χ4v) is 3.28. The van der Waals surface area contributed by atoms with Crippen molar-refractivity contribution in [1.82, 2.24) is 4.98 Å². The van der Waals surface area contributed by atoms with Crippen molar-refractivity contribution in [2.75, 3.05) is 6.54 Å². The lowest BCUT2D eigenvalue weighted by Crippen LogP contribution is -2.46. The number of hydrogen-bond acceptors (Lipinski definition) is 2. The zero-order chi connectivity index (χ0) is 12.8. The Balaban J connectivity index is 2.11. The zero-order valence-electron chi connectivity index (χ0n) is 10.9. The van der Waals surface area contributed by atoms with E-state index in [1.165, 1.54) is 28.6 Å². The molecule has 0 aliphatic heterocycles. The predicted molar refractivity (Wildman–Crippen MR) is 75.3 cm³/mol. The van der Waals surface area contributed by atoms with Crippen molar-refractivity contribution in [3.63, 3.8) is 0 Å². The molecule has 96 valence electrons. The van der Waals surface area contributed by atoms with E-state index in [1.54, 1.807) is 0 Å². The van der Waals surface area contributed by atoms with Crippen molar-refractivity contribution >= 4 is 10.9 Å². The lowest BCUT2D eigenvalue weighted by atomic mass is 9.62. The molecule has 1 unspecified atom stereocenters. The summed E-state index contributed by atoms with van der Waals surface area (Å²) in [6, 6.07) is 8.43. The first-order valence-corrected chi connectivity index (χ1v) is 6.71. The Morgan fingerprint density at radius 2 is 2.06 bits per heavy atom. The Morgan fingerprint density at radius 3 is 2.67 bits per heavy atom. The highest BCUT2D eigenvalue weighted by molar-refractivity contribution is 5.85. The van der Waals surface area contributed by atoms with E-state index < -0.39 is 0 Å². The van der Waals surface area contributed by atoms with Crippen LogP contribution in [0.1, 0.15) is 36.6 Å². The van der Waals surface area contributed by atoms with Gasteiger partial charge in [0.25, 0.3) is 0 Å². The van der Waals surface area contributed by atoms with Gasteiger partial charge in [0, 0.05) is 28.1 Å². The van der Waals surface area contributed by atoms with Crippen molar-refractivity contribution in [3.8, 4) is 0 Å². The minimum Gasteiger partial charge on any atom is -0.358 e. The Hall–Kier alpha value is -1.32. The summed E-state index contributed by atoms with van der Waals surface area (Å²) < 4.78 is 0. The van der Waals surface area contributed by atoms with Crippen LogP contribution in [0, 0.1) is 12.3 Å². The first kappa shape index (κ1) is 11.8. The molecule has 0 bridgehead atoms. The van der Waals surface area contributed by atoms with Gasteiger partial charge in [0.2, 0.25) is 0 Å². The molecule has 18 heavy (non-hydrogen) atoms. The fourth-order valence-electron chi connectivity index (χ4n) is 3.28. The highest BCUT2D eigenvalue weighted by Gasteiger charge is 2.43. The number of nitrogens with one attached hydrogen (secondary N) is 1. The number of benzene rings is 1. The third kappa shape index (κ3) is 1.51. The number of nitrogens with two attached hydrogens (primary N) is 2. The van der Waals surface area contributed by atoms with Gasteiger partial charge in [-0.15, -0.1) is 0 Å². The molecule has 1 fully saturated rings. The van der Waals surface area contributed by atoms with E-state index in [9.17, 15) is 0 Å². The van der Waals surface area contributed by atoms with E-state index in [0.29, 0.717) is 6.54 Å². The molecule has 0 saturated heterocycles. The number of aromatic nitrogens is 1. The molecular weight excluding hydrogens is 222 g/mol. The van der Waals surface area contributed by atoms with Gasteiger partial charge in [0.05, 0.1) is 0 Å². The van der Waals surface area contributed by atoms with Crippen molar-refractivity contribution in [3.05, 3.63) is 35.5 Å². The summed E-state index contributed by atoms with van der Waals surface area (Å²) in [5.41, 5.74) is 16.3. The number of aryl methyl sites for hydroxylation is 1. The Bertz CT molecular complexity index is 561. The number of H-pyrrole nitrogens is 1. The quantitative estimate of drug-likeness (QED) is 0.775. The highest BCUT2D eigenvalue weighted by Crippen LogP contribution is 2.49. The molecule has 5 N–H and O–H groups in total. The van der Waals surface area contributed by atoms with Gasteiger partial charge in [0.1, 0.15) is 0 Å². The topological polar surface area (TPSA) is 67.8 Å². The van der Waals surface area contributed by atoms with E-state index in [2.05, 4.69) is 36.2 Å². The second-order valence-corrected chi connectivity index (χ2v) is 5.61. The van der Waals surface area contributed by atoms with E-state index in [-0.39, 0.29) is 11.5 Å². The van der Waals surface area contributed by atoms with E-state index in [4.69, 9.17) is 11.5 Å². The molecule has 1 atom stereocenters. The molecule has 0 radical (unpaired) electrons. The summed E-state index contributed by atoms with van der Waals surface area (Å²) in [5.74, 6) is 0. The first-order valence-electron chi connectivity index (χ1n) is 6.71. The van der Waals surface area contributed by atoms with Crippen LogP contribution in [0.2, 0.25) is 0 Å². The third-order valence-corrected chi connectivity index (χ3v) is 4.67. The molecule has 3 rings (SSSR count). The summed E-state index contributed by atoms with van der Waals surface area (Å²) in [4.78, 5) is 3.43. The van der Waals surface area contributed by atoms with Gasteiger partial charge in [-0.2, -0.15) is 0 Å². The van der Waals surface area contributed by atoms with Gasteiger partial charge in [-0.3, -0.25) is 0 Å². The summed E-state index contributed by atoms with van der Waals surface area (Å²) in [5, 5.41) is 1.25. The van der Waals surface area contributed by atoms with Crippen molar-refractivity contribution in [2.24, 2.45) is 16.9 Å². The van der Waals surface area contributed by atoms with Gasteiger partial charge in [-0.05, 0) is 37.9 Å². The van der Waals surface area contributed by atoms with Crippen LogP contribution in [0.4, 0.5) is 0 Å². The molecule has 1 aliphatic carbocycles. The largest absolute Gasteiger partial charge is 0.358 e. The van der Waals surface area contributed by atoms with E-state index >= 15 is 0 Å². The lowest BCUT2D eigenvalue weighted by Gasteiger charge is -2.45. The van der Waals surface area contributed by atoms with Gasteiger partial charge < -0.3 is 16.5 Å². The summed E-state index contributed by atoms with van der Waals surface area (Å²) >= 11 is 0. The van der Waals surface area contributed by atoms with Crippen LogP contribution in [-0.4, -0.2) is 11.5 Å². The number of fused-ring (bicyclic) bond motifs is 1. The van der Waals surface area contributed by atoms with Gasteiger partial charge >= 0.3 is 0 Å². The van der Waals surface area contributed by atoms with Crippen LogP contribution in [0.25, 0.3) is 10.9 Å². The predicted octanol–water partition coefficient (Wildman–Crippen LogP) is 2.61. The molecule has 1 heterocycles. The zero-order valence-corrected chi connectivity index (χ0v) is 10.9. The summed E-state index contributed by atoms with van der Waals surface area (Å²) in [7, 11) is 0. The molecule has 3 nitrogen and oxygen atoms in total. The van der Waals surface area contributed by atoms with Crippen LogP contribution < -0.4 is 11.5 Å². The molecule has 1 aliphatic rings. The molecular formula is C15H21N3. The third-order valence-electron chi connectivity index (χ3n) is 4.67. The maximum Gasteiger partial charge on any atom is 0.0459 e. The highest BCUT2D eigenvalue weighted by atomic mass is 14.8. The van der Waals surface area contributed by atoms with Gasteiger partial charge in [-0.25, -0.2) is 0 Å². The molecule has 0 amide bonds. The van der Waals surface area contributed by atoms with Crippen molar-refractivity contribution in [2.45, 2.75) is 32.2 Å². The molecule has 0 spiro atoms. The van der Waals surface area contributed by atoms with Crippen LogP contribution >= 0.6 is 0 Å². The monoisotopic (exact) mass is 243 g/mol. The molecule has 1 aromatic heterocycles. The SMILES string of the molecule is Cc1[nH]c2ccccc2c1C(N)C1(CN)CCC1. The van der Waals surface area contributed by atoms with E-state index in [1.807, 2.05) is 0 Å². The van der Waals surface area contributed by atoms with Crippen LogP contribution in [-0.2, 0) is 0 Å². The van der Waals surface area contributed by atoms with E-state index in [0.717, 1.165) is 12.8 Å². The Kier molecular flexibility index (Phi) is 2.68. The van der Waals surface area contributed by atoms with Crippen molar-refractivity contribution < 1.29 is 0 Å². The summed E-state index contributed by atoms with van der Waals surface area (Å²) in [6.45, 7) is 2.80. The number of aromatic amines is 1. The molecule has 2 aromatic rings. The van der Waals surface area contributed by atoms with Gasteiger partial charge in [0.15, 0.2) is 0 Å². The van der Waals surface area contributed by atoms with Crippen molar-refractivity contribution in [1.29, 1.82) is 0 Å². The lowest BCUT2D eigenvalue weighted by molar-refractivity contribution is 0.105. The maximum atomic E-state index is 6.56. The minimum atomic E-state index is 0.0485. The molecule has 1 aromatic carbocycles. The molecule has 3 heteroatoms. The smallest absolute Gasteiger partial charge is 0.0459 e. The fraction of sp³-hybridized carbons (Fsp3) is 0.467. The van der Waals surface area contributed by atoms with Gasteiger partial charge in [-0.1, -0.05) is 24.6 Å². The number of hydrogen-bond donors (Lipinski definition) is 3. The molecule has 1 saturated carbocycles. The minimum absolute atomic E-state index is 0.0485. The Morgan fingerprint density at radius 1 is 1.33 bits per heavy atom. The maximum absolute atomic E-state index is 6.56. The second kappa shape index (κ2) is 4.11. The second-order valence-electron chi connectivity index (χ2n) is 5.61. The van der Waals surface area contributed by atoms with Crippen LogP contribution in [0.5, 0.6) is 0 Å². The number of rotatable bonds is 3. The standard InChI is InChI=1S/C15H21N3/c1-10-13(11-5-2-3-6-12(11)18-10)14(17)15(9-16)7-4-8-15/h2-3,5-6,14,18H,4,7-9,16-17H2,1H3. The average molecular weight is 243 g/mol. The normalized spacial score (nSPS) is 19.7. The summed E-state index contributed by atoms with van der Waals surface area (Å²) in [6.07, 6.45) is 3.57. The Labute approximate surface area is 108 Å². The number of para-hydroxylation sites is 1. The average Bonchev–Trinajstić information content (AvgIpc) is 2.63.